The number of piperidine rings is 2. The number of phenols is 1. The van der Waals surface area contributed by atoms with Gasteiger partial charge in [-0.3, -0.25) is 9.89 Å². The second kappa shape index (κ2) is 10.8. The molecule has 32 heavy (non-hydrogen) atoms. The van der Waals surface area contributed by atoms with Gasteiger partial charge in [-0.15, -0.1) is 0 Å². The number of nitrogens with zero attached hydrogens (tertiary/aromatic N) is 5. The molecule has 7 heteroatoms. The summed E-state index contributed by atoms with van der Waals surface area (Å²) < 4.78 is 0. The normalized spacial score (nSPS) is 23.4. The first-order valence-corrected chi connectivity index (χ1v) is 12.6. The quantitative estimate of drug-likeness (QED) is 0.540. The zero-order valence-electron chi connectivity index (χ0n) is 20.1. The van der Waals surface area contributed by atoms with E-state index in [9.17, 15) is 5.11 Å². The fraction of sp³-hybridized carbons (Fsp3) is 0.720. The van der Waals surface area contributed by atoms with Crippen LogP contribution in [0.1, 0.15) is 39.0 Å². The van der Waals surface area contributed by atoms with Crippen LogP contribution in [0.15, 0.2) is 29.3 Å². The summed E-state index contributed by atoms with van der Waals surface area (Å²) in [5, 5.41) is 13.8. The monoisotopic (exact) mass is 442 g/mol. The van der Waals surface area contributed by atoms with Crippen LogP contribution in [0.4, 0.5) is 5.69 Å². The van der Waals surface area contributed by atoms with Gasteiger partial charge in [0, 0.05) is 38.3 Å². The van der Waals surface area contributed by atoms with Crippen molar-refractivity contribution in [3.05, 3.63) is 24.3 Å². The van der Waals surface area contributed by atoms with Crippen molar-refractivity contribution < 1.29 is 5.11 Å². The smallest absolute Gasteiger partial charge is 0.194 e. The Morgan fingerprint density at radius 2 is 1.66 bits per heavy atom. The van der Waals surface area contributed by atoms with Gasteiger partial charge in [-0.1, -0.05) is 18.6 Å². The van der Waals surface area contributed by atoms with Crippen molar-refractivity contribution in [1.29, 1.82) is 0 Å². The molecule has 0 bridgehead atoms. The maximum Gasteiger partial charge on any atom is 0.194 e. The SMILES string of the molecule is CCNC(=NCC1(N2CCCCC2)CCN(C)CC1)N1CCN(c2ccccc2O)CC1. The molecular formula is C25H42N6O. The lowest BCUT2D eigenvalue weighted by atomic mass is 9.84. The van der Waals surface area contributed by atoms with E-state index in [0.29, 0.717) is 5.75 Å². The molecule has 0 aromatic heterocycles. The summed E-state index contributed by atoms with van der Waals surface area (Å²) in [5.41, 5.74) is 1.15. The molecule has 1 aromatic rings. The summed E-state index contributed by atoms with van der Waals surface area (Å²) in [6, 6.07) is 7.66. The summed E-state index contributed by atoms with van der Waals surface area (Å²) in [6.07, 6.45) is 6.46. The number of benzene rings is 1. The second-order valence-corrected chi connectivity index (χ2v) is 9.71. The molecule has 0 radical (unpaired) electrons. The largest absolute Gasteiger partial charge is 0.506 e. The first-order chi connectivity index (χ1) is 15.6. The van der Waals surface area contributed by atoms with Crippen LogP contribution in [0.2, 0.25) is 0 Å². The Balaban J connectivity index is 1.44. The van der Waals surface area contributed by atoms with E-state index in [1.165, 1.54) is 58.3 Å². The van der Waals surface area contributed by atoms with Crippen molar-refractivity contribution in [1.82, 2.24) is 20.0 Å². The van der Waals surface area contributed by atoms with Gasteiger partial charge in [-0.05, 0) is 78.0 Å². The molecule has 4 rings (SSSR count). The zero-order chi connectivity index (χ0) is 22.4. The molecule has 3 heterocycles. The predicted octanol–water partition coefficient (Wildman–Crippen LogP) is 2.43. The van der Waals surface area contributed by atoms with Gasteiger partial charge < -0.3 is 25.1 Å². The minimum atomic E-state index is 0.214. The Morgan fingerprint density at radius 1 is 0.969 bits per heavy atom. The standard InChI is InChI=1S/C25H42N6O/c1-3-26-24(30-19-17-29(18-20-30)22-9-5-6-10-23(22)32)27-21-25(11-15-28(2)16-12-25)31-13-7-4-8-14-31/h5-6,9-10,32H,3-4,7-8,11-21H2,1-2H3,(H,26,27). The Morgan fingerprint density at radius 3 is 2.31 bits per heavy atom. The molecule has 178 valence electrons. The zero-order valence-corrected chi connectivity index (χ0v) is 20.1. The molecule has 1 aromatic carbocycles. The fourth-order valence-electron chi connectivity index (χ4n) is 5.52. The summed E-state index contributed by atoms with van der Waals surface area (Å²) >= 11 is 0. The van der Waals surface area contributed by atoms with E-state index in [-0.39, 0.29) is 5.54 Å². The predicted molar refractivity (Wildman–Crippen MR) is 133 cm³/mol. The highest BCUT2D eigenvalue weighted by Gasteiger charge is 2.39. The summed E-state index contributed by atoms with van der Waals surface area (Å²) in [6.45, 7) is 12.4. The molecule has 0 spiro atoms. The number of hydrogen-bond acceptors (Lipinski definition) is 5. The number of likely N-dealkylation sites (tertiary alicyclic amines) is 2. The highest BCUT2D eigenvalue weighted by Crippen LogP contribution is 2.32. The molecule has 0 atom stereocenters. The Labute approximate surface area is 194 Å². The third-order valence-corrected chi connectivity index (χ3v) is 7.60. The van der Waals surface area contributed by atoms with Crippen LogP contribution in [-0.2, 0) is 0 Å². The van der Waals surface area contributed by atoms with E-state index in [1.807, 2.05) is 18.2 Å². The lowest BCUT2D eigenvalue weighted by molar-refractivity contribution is 0.0206. The lowest BCUT2D eigenvalue weighted by Gasteiger charge is -2.49. The molecular weight excluding hydrogens is 400 g/mol. The number of hydrogen-bond donors (Lipinski definition) is 2. The van der Waals surface area contributed by atoms with Gasteiger partial charge in [0.25, 0.3) is 0 Å². The van der Waals surface area contributed by atoms with E-state index >= 15 is 0 Å². The van der Waals surface area contributed by atoms with Crippen LogP contribution in [-0.4, -0.2) is 104 Å². The lowest BCUT2D eigenvalue weighted by Crippen LogP contribution is -2.59. The van der Waals surface area contributed by atoms with Gasteiger partial charge in [0.2, 0.25) is 0 Å². The molecule has 2 N–H and O–H groups in total. The molecule has 0 saturated carbocycles. The van der Waals surface area contributed by atoms with Gasteiger partial charge in [0.15, 0.2) is 5.96 Å². The van der Waals surface area contributed by atoms with Crippen LogP contribution in [0.3, 0.4) is 0 Å². The number of phenolic OH excluding ortho intramolecular Hbond substituents is 1. The number of piperazine rings is 1. The van der Waals surface area contributed by atoms with E-state index in [4.69, 9.17) is 4.99 Å². The third kappa shape index (κ3) is 5.31. The molecule has 3 fully saturated rings. The van der Waals surface area contributed by atoms with Gasteiger partial charge in [0.05, 0.1) is 12.2 Å². The topological polar surface area (TPSA) is 57.6 Å². The number of anilines is 1. The molecule has 0 aliphatic carbocycles. The molecule has 3 aliphatic heterocycles. The Hall–Kier alpha value is -1.99. The van der Waals surface area contributed by atoms with Crippen LogP contribution >= 0.6 is 0 Å². The number of guanidine groups is 1. The van der Waals surface area contributed by atoms with Crippen LogP contribution in [0, 0.1) is 0 Å². The average molecular weight is 443 g/mol. The number of para-hydroxylation sites is 2. The van der Waals surface area contributed by atoms with Crippen molar-refractivity contribution in [3.8, 4) is 5.75 Å². The second-order valence-electron chi connectivity index (χ2n) is 9.71. The van der Waals surface area contributed by atoms with Crippen molar-refractivity contribution in [2.24, 2.45) is 4.99 Å². The number of nitrogens with one attached hydrogen (secondary N) is 1. The molecule has 3 saturated heterocycles. The minimum absolute atomic E-state index is 0.214. The van der Waals surface area contributed by atoms with E-state index < -0.39 is 0 Å². The fourth-order valence-corrected chi connectivity index (χ4v) is 5.52. The summed E-state index contributed by atoms with van der Waals surface area (Å²) in [7, 11) is 2.25. The van der Waals surface area contributed by atoms with Crippen molar-refractivity contribution in [3.63, 3.8) is 0 Å². The van der Waals surface area contributed by atoms with Crippen LogP contribution < -0.4 is 10.2 Å². The van der Waals surface area contributed by atoms with Crippen LogP contribution in [0.25, 0.3) is 0 Å². The number of aliphatic imine (C=N–C) groups is 1. The Bertz CT molecular complexity index is 747. The van der Waals surface area contributed by atoms with Crippen molar-refractivity contribution in [2.45, 2.75) is 44.6 Å². The highest BCUT2D eigenvalue weighted by molar-refractivity contribution is 5.80. The summed E-state index contributed by atoms with van der Waals surface area (Å²) in [4.78, 5) is 15.2. The van der Waals surface area contributed by atoms with Gasteiger partial charge >= 0.3 is 0 Å². The first-order valence-electron chi connectivity index (χ1n) is 12.6. The molecule has 0 amide bonds. The summed E-state index contributed by atoms with van der Waals surface area (Å²) in [5.74, 6) is 1.42. The highest BCUT2D eigenvalue weighted by atomic mass is 16.3. The van der Waals surface area contributed by atoms with Gasteiger partial charge in [-0.2, -0.15) is 0 Å². The van der Waals surface area contributed by atoms with Gasteiger partial charge in [-0.25, -0.2) is 0 Å². The number of rotatable bonds is 5. The minimum Gasteiger partial charge on any atom is -0.506 e. The Kier molecular flexibility index (Phi) is 7.79. The average Bonchev–Trinajstić information content (AvgIpc) is 2.84. The van der Waals surface area contributed by atoms with E-state index in [0.717, 1.165) is 50.9 Å². The van der Waals surface area contributed by atoms with Gasteiger partial charge in [0.1, 0.15) is 5.75 Å². The van der Waals surface area contributed by atoms with Crippen molar-refractivity contribution >= 4 is 11.6 Å². The maximum atomic E-state index is 10.2. The molecule has 3 aliphatic rings. The first kappa shape index (κ1) is 23.2. The number of aromatic hydroxyl groups is 1. The molecule has 0 unspecified atom stereocenters. The van der Waals surface area contributed by atoms with Crippen LogP contribution in [0.5, 0.6) is 5.75 Å². The van der Waals surface area contributed by atoms with E-state index in [2.05, 4.69) is 38.9 Å². The maximum absolute atomic E-state index is 10.2. The third-order valence-electron chi connectivity index (χ3n) is 7.60. The van der Waals surface area contributed by atoms with E-state index in [1.54, 1.807) is 6.07 Å². The molecule has 7 nitrogen and oxygen atoms in total. The van der Waals surface area contributed by atoms with Crippen molar-refractivity contribution in [2.75, 3.05) is 77.4 Å².